The fourth-order valence-corrected chi connectivity index (χ4v) is 2.41. The molecule has 1 unspecified atom stereocenters. The molecule has 0 saturated heterocycles. The Morgan fingerprint density at radius 3 is 2.60 bits per heavy atom. The number of hydrogen-bond acceptors (Lipinski definition) is 2. The first kappa shape index (κ1) is 13.1. The Kier molecular flexibility index (Phi) is 3.43. The molecular weight excluding hydrogens is 270 g/mol. The van der Waals surface area contributed by atoms with Gasteiger partial charge in [-0.05, 0) is 41.8 Å². The quantitative estimate of drug-likeness (QED) is 0.761. The zero-order valence-electron chi connectivity index (χ0n) is 11.0. The normalized spacial score (nSPS) is 12.6. The number of aryl methyl sites for hydroxylation is 1. The first-order chi connectivity index (χ1) is 9.65. The number of hydrogen-bond donors (Lipinski definition) is 1. The Balaban J connectivity index is 2.02. The molecule has 0 aliphatic heterocycles. The second kappa shape index (κ2) is 5.23. The number of pyridine rings is 1. The van der Waals surface area contributed by atoms with Crippen molar-refractivity contribution in [3.63, 3.8) is 0 Å². The van der Waals surface area contributed by atoms with Crippen LogP contribution in [-0.2, 0) is 0 Å². The lowest BCUT2D eigenvalue weighted by molar-refractivity contribution is 0.220. The van der Waals surface area contributed by atoms with Gasteiger partial charge in [0.25, 0.3) is 0 Å². The van der Waals surface area contributed by atoms with Crippen LogP contribution in [0.3, 0.4) is 0 Å². The highest BCUT2D eigenvalue weighted by molar-refractivity contribution is 6.31. The molecule has 0 amide bonds. The molecule has 0 aliphatic rings. The van der Waals surface area contributed by atoms with Gasteiger partial charge in [0.2, 0.25) is 0 Å². The van der Waals surface area contributed by atoms with Crippen LogP contribution in [0, 0.1) is 6.92 Å². The van der Waals surface area contributed by atoms with Gasteiger partial charge in [0.1, 0.15) is 6.10 Å². The predicted molar refractivity (Wildman–Crippen MR) is 82.0 cm³/mol. The number of aliphatic hydroxyl groups excluding tert-OH is 1. The van der Waals surface area contributed by atoms with E-state index in [0.717, 1.165) is 27.6 Å². The Bertz CT molecular complexity index is 770. The zero-order valence-corrected chi connectivity index (χ0v) is 11.8. The van der Waals surface area contributed by atoms with Crippen molar-refractivity contribution in [3.05, 3.63) is 76.4 Å². The molecule has 20 heavy (non-hydrogen) atoms. The summed E-state index contributed by atoms with van der Waals surface area (Å²) in [6.45, 7) is 1.94. The van der Waals surface area contributed by atoms with Crippen LogP contribution >= 0.6 is 11.6 Å². The molecular formula is C17H14ClNO. The number of nitrogens with zero attached hydrogens (tertiary/aromatic N) is 1. The fraction of sp³-hybridized carbons (Fsp3) is 0.118. The van der Waals surface area contributed by atoms with Gasteiger partial charge >= 0.3 is 0 Å². The monoisotopic (exact) mass is 283 g/mol. The van der Waals surface area contributed by atoms with Crippen molar-refractivity contribution in [2.75, 3.05) is 0 Å². The molecule has 0 radical (unpaired) electrons. The Labute approximate surface area is 122 Å². The molecule has 2 nitrogen and oxygen atoms in total. The van der Waals surface area contributed by atoms with Crippen molar-refractivity contribution in [2.45, 2.75) is 13.0 Å². The molecule has 3 heteroatoms. The summed E-state index contributed by atoms with van der Waals surface area (Å²) in [7, 11) is 0. The standard InChI is InChI=1S/C17H14ClNO/c1-11-4-5-13(9-15(11)18)17(20)14-7-6-12-3-2-8-19-16(12)10-14/h2-10,17,20H,1H3. The summed E-state index contributed by atoms with van der Waals surface area (Å²) >= 11 is 6.12. The molecule has 3 aromatic rings. The molecule has 0 bridgehead atoms. The number of benzene rings is 2. The van der Waals surface area contributed by atoms with Crippen LogP contribution < -0.4 is 0 Å². The maximum Gasteiger partial charge on any atom is 0.104 e. The van der Waals surface area contributed by atoms with E-state index in [9.17, 15) is 5.11 Å². The predicted octanol–water partition coefficient (Wildman–Crippen LogP) is 4.28. The highest BCUT2D eigenvalue weighted by Gasteiger charge is 2.12. The lowest BCUT2D eigenvalue weighted by atomic mass is 9.99. The van der Waals surface area contributed by atoms with Gasteiger partial charge in [0.05, 0.1) is 5.52 Å². The molecule has 0 aliphatic carbocycles. The lowest BCUT2D eigenvalue weighted by Gasteiger charge is -2.13. The van der Waals surface area contributed by atoms with Gasteiger partial charge < -0.3 is 5.11 Å². The summed E-state index contributed by atoms with van der Waals surface area (Å²) in [6, 6.07) is 15.3. The summed E-state index contributed by atoms with van der Waals surface area (Å²) in [5.41, 5.74) is 3.48. The van der Waals surface area contributed by atoms with Crippen LogP contribution in [0.15, 0.2) is 54.7 Å². The Morgan fingerprint density at radius 1 is 1.05 bits per heavy atom. The number of rotatable bonds is 2. The van der Waals surface area contributed by atoms with Gasteiger partial charge in [-0.25, -0.2) is 0 Å². The second-order valence-electron chi connectivity index (χ2n) is 4.87. The minimum absolute atomic E-state index is 0.667. The van der Waals surface area contributed by atoms with Crippen molar-refractivity contribution >= 4 is 22.5 Å². The van der Waals surface area contributed by atoms with E-state index in [-0.39, 0.29) is 0 Å². The van der Waals surface area contributed by atoms with E-state index in [0.29, 0.717) is 5.02 Å². The van der Waals surface area contributed by atoms with Crippen molar-refractivity contribution in [1.29, 1.82) is 0 Å². The minimum Gasteiger partial charge on any atom is -0.384 e. The van der Waals surface area contributed by atoms with Gasteiger partial charge in [0.15, 0.2) is 0 Å². The van der Waals surface area contributed by atoms with Crippen molar-refractivity contribution in [3.8, 4) is 0 Å². The van der Waals surface area contributed by atoms with E-state index < -0.39 is 6.10 Å². The van der Waals surface area contributed by atoms with Crippen LogP contribution in [0.4, 0.5) is 0 Å². The van der Waals surface area contributed by atoms with Gasteiger partial charge in [0, 0.05) is 16.6 Å². The molecule has 0 spiro atoms. The van der Waals surface area contributed by atoms with E-state index in [2.05, 4.69) is 4.98 Å². The van der Waals surface area contributed by atoms with Crippen LogP contribution in [0.1, 0.15) is 22.8 Å². The molecule has 100 valence electrons. The summed E-state index contributed by atoms with van der Waals surface area (Å²) in [4.78, 5) is 4.31. The molecule has 0 saturated carbocycles. The van der Waals surface area contributed by atoms with Gasteiger partial charge in [-0.15, -0.1) is 0 Å². The highest BCUT2D eigenvalue weighted by atomic mass is 35.5. The van der Waals surface area contributed by atoms with Crippen molar-refractivity contribution in [2.24, 2.45) is 0 Å². The van der Waals surface area contributed by atoms with Gasteiger partial charge in [-0.3, -0.25) is 4.98 Å². The largest absolute Gasteiger partial charge is 0.384 e. The first-order valence-corrected chi connectivity index (χ1v) is 6.82. The molecule has 1 aromatic heterocycles. The van der Waals surface area contributed by atoms with Gasteiger partial charge in [-0.2, -0.15) is 0 Å². The second-order valence-corrected chi connectivity index (χ2v) is 5.27. The van der Waals surface area contributed by atoms with Crippen LogP contribution in [0.5, 0.6) is 0 Å². The van der Waals surface area contributed by atoms with Gasteiger partial charge in [-0.1, -0.05) is 41.9 Å². The SMILES string of the molecule is Cc1ccc(C(O)c2ccc3cccnc3c2)cc1Cl. The molecule has 2 aromatic carbocycles. The highest BCUT2D eigenvalue weighted by Crippen LogP contribution is 2.27. The maximum atomic E-state index is 10.5. The lowest BCUT2D eigenvalue weighted by Crippen LogP contribution is -2.00. The van der Waals surface area contributed by atoms with Crippen LogP contribution in [-0.4, -0.2) is 10.1 Å². The summed E-state index contributed by atoms with van der Waals surface area (Å²) in [5, 5.41) is 12.2. The van der Waals surface area contributed by atoms with E-state index >= 15 is 0 Å². The number of halogens is 1. The first-order valence-electron chi connectivity index (χ1n) is 6.44. The minimum atomic E-state index is -0.695. The maximum absolute atomic E-state index is 10.5. The van der Waals surface area contributed by atoms with Crippen molar-refractivity contribution in [1.82, 2.24) is 4.98 Å². The molecule has 1 N–H and O–H groups in total. The summed E-state index contributed by atoms with van der Waals surface area (Å²) in [5.74, 6) is 0. The van der Waals surface area contributed by atoms with Crippen molar-refractivity contribution < 1.29 is 5.11 Å². The molecule has 1 atom stereocenters. The van der Waals surface area contributed by atoms with Crippen LogP contribution in [0.25, 0.3) is 10.9 Å². The number of aliphatic hydroxyl groups is 1. The number of aromatic nitrogens is 1. The van der Waals surface area contributed by atoms with Crippen LogP contribution in [0.2, 0.25) is 5.02 Å². The third kappa shape index (κ3) is 2.40. The smallest absolute Gasteiger partial charge is 0.104 e. The van der Waals surface area contributed by atoms with E-state index in [1.165, 1.54) is 0 Å². The molecule has 3 rings (SSSR count). The molecule has 0 fully saturated rings. The Morgan fingerprint density at radius 2 is 1.80 bits per heavy atom. The summed E-state index contributed by atoms with van der Waals surface area (Å²) < 4.78 is 0. The third-order valence-corrected chi connectivity index (χ3v) is 3.86. The average molecular weight is 284 g/mol. The van der Waals surface area contributed by atoms with E-state index in [1.807, 2.05) is 55.5 Å². The van der Waals surface area contributed by atoms with E-state index in [4.69, 9.17) is 11.6 Å². The topological polar surface area (TPSA) is 33.1 Å². The fourth-order valence-electron chi connectivity index (χ4n) is 2.23. The summed E-state index contributed by atoms with van der Waals surface area (Å²) in [6.07, 6.45) is 1.06. The molecule has 1 heterocycles. The zero-order chi connectivity index (χ0) is 14.1. The third-order valence-electron chi connectivity index (χ3n) is 3.46. The average Bonchev–Trinajstić information content (AvgIpc) is 2.49. The van der Waals surface area contributed by atoms with E-state index in [1.54, 1.807) is 6.20 Å². The number of fused-ring (bicyclic) bond motifs is 1. The Hall–Kier alpha value is -1.90.